The molecule has 0 radical (unpaired) electrons. The first kappa shape index (κ1) is 35.5. The Morgan fingerprint density at radius 2 is 0.651 bits per heavy atom. The zero-order chi connectivity index (χ0) is 41.5. The van der Waals surface area contributed by atoms with Gasteiger partial charge in [-0.2, -0.15) is 0 Å². The Morgan fingerprint density at radius 3 is 1.30 bits per heavy atom. The zero-order valence-corrected chi connectivity index (χ0v) is 34.2. The van der Waals surface area contributed by atoms with Crippen molar-refractivity contribution in [3.05, 3.63) is 247 Å². The maximum Gasteiger partial charge on any atom is 0.164 e. The van der Waals surface area contributed by atoms with E-state index >= 15 is 0 Å². The van der Waals surface area contributed by atoms with Gasteiger partial charge in [-0.3, -0.25) is 0 Å². The Morgan fingerprint density at radius 1 is 0.254 bits per heavy atom. The SMILES string of the molecule is c1ccc(-c2ccc(-c3nc(-c4ccccc4)nc(-c4ccc5c(c4)C4(c6ccccc6-c6ccccc6-5)c5ccccc5-c5c4c4ccccc4c4ccccc54)n3)cc2)cc1. The summed E-state index contributed by atoms with van der Waals surface area (Å²) in [6.07, 6.45) is 0. The molecule has 1 heterocycles. The van der Waals surface area contributed by atoms with Gasteiger partial charge >= 0.3 is 0 Å². The fourth-order valence-corrected chi connectivity index (χ4v) is 10.7. The second-order valence-corrected chi connectivity index (χ2v) is 16.6. The van der Waals surface area contributed by atoms with Crippen LogP contribution in [0, 0.1) is 0 Å². The lowest BCUT2D eigenvalue weighted by atomic mass is 9.64. The summed E-state index contributed by atoms with van der Waals surface area (Å²) in [6, 6.07) is 81.3. The monoisotopic (exact) mass is 799 g/mol. The van der Waals surface area contributed by atoms with Gasteiger partial charge in [0, 0.05) is 16.7 Å². The molecule has 10 aromatic carbocycles. The van der Waals surface area contributed by atoms with Crippen molar-refractivity contribution in [2.75, 3.05) is 0 Å². The molecule has 1 aromatic heterocycles. The van der Waals surface area contributed by atoms with Gasteiger partial charge in [0.1, 0.15) is 0 Å². The molecule has 1 unspecified atom stereocenters. The van der Waals surface area contributed by atoms with Crippen LogP contribution in [0.2, 0.25) is 0 Å². The quantitative estimate of drug-likeness (QED) is 0.166. The van der Waals surface area contributed by atoms with Gasteiger partial charge in [0.05, 0.1) is 5.41 Å². The van der Waals surface area contributed by atoms with Gasteiger partial charge in [0.15, 0.2) is 17.5 Å². The minimum absolute atomic E-state index is 0.629. The molecule has 0 saturated heterocycles. The highest BCUT2D eigenvalue weighted by atomic mass is 15.0. The highest BCUT2D eigenvalue weighted by Crippen LogP contribution is 2.64. The first-order valence-corrected chi connectivity index (χ1v) is 21.6. The summed E-state index contributed by atoms with van der Waals surface area (Å²) in [4.78, 5) is 15.8. The van der Waals surface area contributed by atoms with Gasteiger partial charge in [-0.05, 0) is 94.4 Å². The van der Waals surface area contributed by atoms with Crippen molar-refractivity contribution < 1.29 is 0 Å². The molecule has 2 aliphatic rings. The van der Waals surface area contributed by atoms with Crippen LogP contribution in [0.1, 0.15) is 22.3 Å². The lowest BCUT2D eigenvalue weighted by Gasteiger charge is -2.36. The summed E-state index contributed by atoms with van der Waals surface area (Å²) in [5.74, 6) is 1.90. The average Bonchev–Trinajstić information content (AvgIpc) is 3.63. The second-order valence-electron chi connectivity index (χ2n) is 16.6. The first-order chi connectivity index (χ1) is 31.3. The van der Waals surface area contributed by atoms with Crippen LogP contribution in [0.3, 0.4) is 0 Å². The van der Waals surface area contributed by atoms with Crippen LogP contribution in [-0.2, 0) is 5.41 Å². The Bertz CT molecular complexity index is 3610. The van der Waals surface area contributed by atoms with Crippen LogP contribution in [-0.4, -0.2) is 15.0 Å². The number of benzene rings is 10. The zero-order valence-electron chi connectivity index (χ0n) is 34.2. The molecule has 3 nitrogen and oxygen atoms in total. The average molecular weight is 800 g/mol. The van der Waals surface area contributed by atoms with E-state index in [1.165, 1.54) is 82.7 Å². The molecule has 11 aromatic rings. The van der Waals surface area contributed by atoms with Crippen molar-refractivity contribution in [1.29, 1.82) is 0 Å². The van der Waals surface area contributed by atoms with Crippen molar-refractivity contribution >= 4 is 21.5 Å². The summed E-state index contributed by atoms with van der Waals surface area (Å²) in [5, 5.41) is 5.04. The van der Waals surface area contributed by atoms with Gasteiger partial charge in [0.25, 0.3) is 0 Å². The van der Waals surface area contributed by atoms with Crippen molar-refractivity contribution in [2.45, 2.75) is 5.41 Å². The number of fused-ring (bicyclic) bond motifs is 17. The normalized spacial score (nSPS) is 14.4. The molecule has 0 amide bonds. The first-order valence-electron chi connectivity index (χ1n) is 21.6. The van der Waals surface area contributed by atoms with Crippen molar-refractivity contribution in [1.82, 2.24) is 15.0 Å². The van der Waals surface area contributed by atoms with Gasteiger partial charge in [0.2, 0.25) is 0 Å². The van der Waals surface area contributed by atoms with E-state index < -0.39 is 5.41 Å². The Balaban J connectivity index is 1.14. The van der Waals surface area contributed by atoms with Crippen LogP contribution < -0.4 is 0 Å². The molecule has 1 atom stereocenters. The van der Waals surface area contributed by atoms with Gasteiger partial charge in [-0.25, -0.2) is 15.0 Å². The summed E-state index contributed by atoms with van der Waals surface area (Å²) >= 11 is 0. The van der Waals surface area contributed by atoms with Crippen molar-refractivity contribution in [2.24, 2.45) is 0 Å². The summed E-state index contributed by atoms with van der Waals surface area (Å²) < 4.78 is 0. The standard InChI is InChI=1S/C60H37N3/c1-3-17-38(18-4-1)39-31-33-41(34-32-39)58-61-57(40-19-5-2-6-20-40)62-59(63-58)42-35-36-48-44-22-8-7-21-43(44)47-25-13-15-29-52(47)60(54(48)37-42)53-30-16-14-28-51(53)55-49-26-11-9-23-45(49)46-24-10-12-27-50(46)56(55)60/h1-37H. The van der Waals surface area contributed by atoms with Crippen molar-refractivity contribution in [3.63, 3.8) is 0 Å². The van der Waals surface area contributed by atoms with Gasteiger partial charge in [-0.1, -0.05) is 218 Å². The predicted octanol–water partition coefficient (Wildman–Crippen LogP) is 14.9. The van der Waals surface area contributed by atoms with E-state index in [0.717, 1.165) is 22.3 Å². The minimum Gasteiger partial charge on any atom is -0.208 e. The molecule has 0 aliphatic heterocycles. The number of hydrogen-bond acceptors (Lipinski definition) is 3. The number of rotatable bonds is 4. The fourth-order valence-electron chi connectivity index (χ4n) is 10.7. The lowest BCUT2D eigenvalue weighted by molar-refractivity contribution is 0.783. The van der Waals surface area contributed by atoms with Crippen LogP contribution in [0.5, 0.6) is 0 Å². The molecular weight excluding hydrogens is 763 g/mol. The molecule has 0 saturated carbocycles. The van der Waals surface area contributed by atoms with E-state index in [1.54, 1.807) is 0 Å². The molecule has 0 fully saturated rings. The molecule has 3 heteroatoms. The minimum atomic E-state index is -0.706. The molecule has 0 N–H and O–H groups in total. The lowest BCUT2D eigenvalue weighted by Crippen LogP contribution is -2.29. The van der Waals surface area contributed by atoms with Gasteiger partial charge < -0.3 is 0 Å². The molecule has 2 aliphatic carbocycles. The van der Waals surface area contributed by atoms with E-state index in [1.807, 2.05) is 24.3 Å². The Kier molecular flexibility index (Phi) is 7.82. The van der Waals surface area contributed by atoms with E-state index in [2.05, 4.69) is 200 Å². The largest absolute Gasteiger partial charge is 0.208 e. The maximum atomic E-state index is 5.34. The number of aromatic nitrogens is 3. The van der Waals surface area contributed by atoms with E-state index in [4.69, 9.17) is 15.0 Å². The fraction of sp³-hybridized carbons (Fsp3) is 0.0167. The van der Waals surface area contributed by atoms with Crippen LogP contribution >= 0.6 is 0 Å². The van der Waals surface area contributed by atoms with E-state index in [9.17, 15) is 0 Å². The summed E-state index contributed by atoms with van der Waals surface area (Å²) in [6.45, 7) is 0. The smallest absolute Gasteiger partial charge is 0.164 e. The second kappa shape index (κ2) is 13.9. The van der Waals surface area contributed by atoms with E-state index in [0.29, 0.717) is 17.5 Å². The molecule has 1 spiro atoms. The maximum absolute atomic E-state index is 5.34. The Hall–Kier alpha value is -8.27. The van der Waals surface area contributed by atoms with E-state index in [-0.39, 0.29) is 0 Å². The molecule has 13 rings (SSSR count). The molecular formula is C60H37N3. The molecule has 292 valence electrons. The third kappa shape index (κ3) is 5.23. The topological polar surface area (TPSA) is 38.7 Å². The Labute approximate surface area is 365 Å². The highest BCUT2D eigenvalue weighted by Gasteiger charge is 2.51. The summed E-state index contributed by atoms with van der Waals surface area (Å²) in [7, 11) is 0. The van der Waals surface area contributed by atoms with Gasteiger partial charge in [-0.15, -0.1) is 0 Å². The van der Waals surface area contributed by atoms with Crippen LogP contribution in [0.15, 0.2) is 224 Å². The van der Waals surface area contributed by atoms with Crippen LogP contribution in [0.4, 0.5) is 0 Å². The number of nitrogens with zero attached hydrogens (tertiary/aromatic N) is 3. The molecule has 63 heavy (non-hydrogen) atoms. The van der Waals surface area contributed by atoms with Crippen LogP contribution in [0.25, 0.3) is 100 Å². The third-order valence-corrected chi connectivity index (χ3v) is 13.3. The number of hydrogen-bond donors (Lipinski definition) is 0. The molecule has 0 bridgehead atoms. The predicted molar refractivity (Wildman–Crippen MR) is 258 cm³/mol. The summed E-state index contributed by atoms with van der Waals surface area (Å²) in [5.41, 5.74) is 16.9. The van der Waals surface area contributed by atoms with Crippen molar-refractivity contribution in [3.8, 4) is 78.7 Å². The highest BCUT2D eigenvalue weighted by molar-refractivity contribution is 6.19. The third-order valence-electron chi connectivity index (χ3n) is 13.3.